The van der Waals surface area contributed by atoms with Gasteiger partial charge < -0.3 is 5.73 Å². The van der Waals surface area contributed by atoms with Gasteiger partial charge in [-0.1, -0.05) is 35.2 Å². The van der Waals surface area contributed by atoms with Gasteiger partial charge in [0.05, 0.1) is 5.01 Å². The summed E-state index contributed by atoms with van der Waals surface area (Å²) in [5.74, 6) is 0.256. The number of hydrogen-bond acceptors (Lipinski definition) is 3. The van der Waals surface area contributed by atoms with Crippen molar-refractivity contribution in [3.8, 4) is 11.3 Å². The molecule has 0 spiro atoms. The van der Waals surface area contributed by atoms with Gasteiger partial charge in [-0.15, -0.1) is 11.3 Å². The molecule has 0 radical (unpaired) electrons. The topological polar surface area (TPSA) is 38.9 Å². The van der Waals surface area contributed by atoms with Crippen LogP contribution >= 0.6 is 27.3 Å². The summed E-state index contributed by atoms with van der Waals surface area (Å²) in [5, 5.41) is 1.78. The highest BCUT2D eigenvalue weighted by Crippen LogP contribution is 2.41. The lowest BCUT2D eigenvalue weighted by Crippen LogP contribution is -2.03. The average molecular weight is 355 g/mol. The van der Waals surface area contributed by atoms with E-state index in [4.69, 9.17) is 10.7 Å². The average Bonchev–Trinajstić information content (AvgIpc) is 2.84. The maximum Gasteiger partial charge on any atom is 0.123 e. The second-order valence-electron chi connectivity index (χ2n) is 5.22. The maximum atomic E-state index is 13.4. The Balaban J connectivity index is 1.98. The molecule has 1 aliphatic rings. The number of thiazole rings is 1. The van der Waals surface area contributed by atoms with Crippen LogP contribution in [0.1, 0.15) is 43.0 Å². The van der Waals surface area contributed by atoms with Crippen molar-refractivity contribution in [1.29, 1.82) is 0 Å². The third-order valence-corrected chi connectivity index (χ3v) is 5.55. The summed E-state index contributed by atoms with van der Waals surface area (Å²) in [6, 6.07) is 4.61. The molecule has 1 fully saturated rings. The van der Waals surface area contributed by atoms with Crippen LogP contribution in [0.15, 0.2) is 22.7 Å². The molecule has 3 rings (SSSR count). The zero-order chi connectivity index (χ0) is 14.1. The van der Waals surface area contributed by atoms with Crippen LogP contribution in [0, 0.1) is 5.82 Å². The predicted molar refractivity (Wildman–Crippen MR) is 85.4 cm³/mol. The summed E-state index contributed by atoms with van der Waals surface area (Å²) >= 11 is 5.00. The molecule has 20 heavy (non-hydrogen) atoms. The summed E-state index contributed by atoms with van der Waals surface area (Å²) in [6.07, 6.45) is 6.24. The SMILES string of the molecule is Nc1sc(C2CCCCC2)nc1-c1cc(F)ccc1Br. The summed E-state index contributed by atoms with van der Waals surface area (Å²) in [5.41, 5.74) is 7.56. The summed E-state index contributed by atoms with van der Waals surface area (Å²) < 4.78 is 14.3. The van der Waals surface area contributed by atoms with Gasteiger partial charge in [0.25, 0.3) is 0 Å². The molecule has 1 aromatic carbocycles. The fourth-order valence-corrected chi connectivity index (χ4v) is 4.20. The monoisotopic (exact) mass is 354 g/mol. The number of halogens is 2. The molecule has 0 atom stereocenters. The summed E-state index contributed by atoms with van der Waals surface area (Å²) in [6.45, 7) is 0. The molecule has 5 heteroatoms. The van der Waals surface area contributed by atoms with Gasteiger partial charge in [-0.05, 0) is 31.0 Å². The first kappa shape index (κ1) is 14.0. The zero-order valence-corrected chi connectivity index (χ0v) is 13.4. The van der Waals surface area contributed by atoms with E-state index in [0.717, 1.165) is 15.0 Å². The molecule has 1 aromatic heterocycles. The molecule has 1 saturated carbocycles. The Morgan fingerprint density at radius 3 is 2.75 bits per heavy atom. The second kappa shape index (κ2) is 5.82. The third-order valence-electron chi connectivity index (χ3n) is 3.81. The minimum absolute atomic E-state index is 0.269. The minimum Gasteiger partial charge on any atom is -0.389 e. The highest BCUT2D eigenvalue weighted by molar-refractivity contribution is 9.10. The summed E-state index contributed by atoms with van der Waals surface area (Å²) in [7, 11) is 0. The quantitative estimate of drug-likeness (QED) is 0.790. The first-order chi connectivity index (χ1) is 9.65. The highest BCUT2D eigenvalue weighted by Gasteiger charge is 2.22. The van der Waals surface area contributed by atoms with E-state index in [1.165, 1.54) is 44.2 Å². The van der Waals surface area contributed by atoms with E-state index in [-0.39, 0.29) is 5.82 Å². The molecular formula is C15H16BrFN2S. The molecule has 0 aliphatic heterocycles. The number of benzene rings is 1. The van der Waals surface area contributed by atoms with Gasteiger partial charge in [0.1, 0.15) is 16.5 Å². The molecule has 0 unspecified atom stereocenters. The molecule has 1 heterocycles. The van der Waals surface area contributed by atoms with E-state index in [0.29, 0.717) is 16.6 Å². The smallest absolute Gasteiger partial charge is 0.123 e. The van der Waals surface area contributed by atoms with Crippen LogP contribution in [-0.4, -0.2) is 4.98 Å². The van der Waals surface area contributed by atoms with Crippen molar-refractivity contribution in [3.63, 3.8) is 0 Å². The van der Waals surface area contributed by atoms with Crippen molar-refractivity contribution in [1.82, 2.24) is 4.98 Å². The Bertz CT molecular complexity index is 620. The molecule has 0 amide bonds. The van der Waals surface area contributed by atoms with Crippen LogP contribution in [0.25, 0.3) is 11.3 Å². The fourth-order valence-electron chi connectivity index (χ4n) is 2.75. The van der Waals surface area contributed by atoms with E-state index in [2.05, 4.69) is 15.9 Å². The van der Waals surface area contributed by atoms with E-state index in [9.17, 15) is 4.39 Å². The largest absolute Gasteiger partial charge is 0.389 e. The first-order valence-electron chi connectivity index (χ1n) is 6.87. The van der Waals surface area contributed by atoms with Gasteiger partial charge in [-0.2, -0.15) is 0 Å². The van der Waals surface area contributed by atoms with Crippen LogP contribution in [0.3, 0.4) is 0 Å². The summed E-state index contributed by atoms with van der Waals surface area (Å²) in [4.78, 5) is 4.70. The molecule has 1 aliphatic carbocycles. The van der Waals surface area contributed by atoms with Crippen molar-refractivity contribution in [2.45, 2.75) is 38.0 Å². The normalized spacial score (nSPS) is 16.5. The Labute approximate surface area is 130 Å². The number of nitrogens with two attached hydrogens (primary N) is 1. The number of anilines is 1. The predicted octanol–water partition coefficient (Wildman–Crippen LogP) is 5.34. The van der Waals surface area contributed by atoms with Gasteiger partial charge >= 0.3 is 0 Å². The lowest BCUT2D eigenvalue weighted by Gasteiger charge is -2.18. The van der Waals surface area contributed by atoms with E-state index < -0.39 is 0 Å². The van der Waals surface area contributed by atoms with Crippen molar-refractivity contribution in [3.05, 3.63) is 33.5 Å². The first-order valence-corrected chi connectivity index (χ1v) is 8.47. The van der Waals surface area contributed by atoms with Gasteiger partial charge in [0.2, 0.25) is 0 Å². The third kappa shape index (κ3) is 2.74. The molecule has 0 saturated heterocycles. The Kier molecular flexibility index (Phi) is 4.08. The van der Waals surface area contributed by atoms with Crippen LogP contribution in [0.2, 0.25) is 0 Å². The van der Waals surface area contributed by atoms with Gasteiger partial charge in [0, 0.05) is 16.0 Å². The molecular weight excluding hydrogens is 339 g/mol. The van der Waals surface area contributed by atoms with Crippen molar-refractivity contribution in [2.75, 3.05) is 5.73 Å². The van der Waals surface area contributed by atoms with Crippen LogP contribution in [0.4, 0.5) is 9.39 Å². The number of rotatable bonds is 2. The molecule has 2 N–H and O–H groups in total. The van der Waals surface area contributed by atoms with Gasteiger partial charge in [0.15, 0.2) is 0 Å². The Morgan fingerprint density at radius 1 is 1.25 bits per heavy atom. The maximum absolute atomic E-state index is 13.4. The Morgan fingerprint density at radius 2 is 2.00 bits per heavy atom. The lowest BCUT2D eigenvalue weighted by atomic mass is 9.90. The van der Waals surface area contributed by atoms with Crippen LogP contribution < -0.4 is 5.73 Å². The Hall–Kier alpha value is -0.940. The van der Waals surface area contributed by atoms with Crippen LogP contribution in [-0.2, 0) is 0 Å². The van der Waals surface area contributed by atoms with E-state index in [1.54, 1.807) is 17.4 Å². The number of nitrogens with zero attached hydrogens (tertiary/aromatic N) is 1. The van der Waals surface area contributed by atoms with Crippen molar-refractivity contribution < 1.29 is 4.39 Å². The molecule has 2 aromatic rings. The standard InChI is InChI=1S/C15H16BrFN2S/c16-12-7-6-10(17)8-11(12)13-14(18)20-15(19-13)9-4-2-1-3-5-9/h6-9H,1-5,18H2. The number of nitrogen functional groups attached to an aromatic ring is 1. The van der Waals surface area contributed by atoms with Gasteiger partial charge in [-0.25, -0.2) is 9.37 Å². The highest BCUT2D eigenvalue weighted by atomic mass is 79.9. The van der Waals surface area contributed by atoms with Crippen molar-refractivity contribution in [2.24, 2.45) is 0 Å². The second-order valence-corrected chi connectivity index (χ2v) is 7.14. The molecule has 2 nitrogen and oxygen atoms in total. The lowest BCUT2D eigenvalue weighted by molar-refractivity contribution is 0.442. The number of aromatic nitrogens is 1. The van der Waals surface area contributed by atoms with E-state index >= 15 is 0 Å². The van der Waals surface area contributed by atoms with Crippen molar-refractivity contribution >= 4 is 32.3 Å². The zero-order valence-electron chi connectivity index (χ0n) is 11.0. The number of hydrogen-bond donors (Lipinski definition) is 1. The molecule has 106 valence electrons. The molecule has 0 bridgehead atoms. The minimum atomic E-state index is -0.269. The van der Waals surface area contributed by atoms with Crippen LogP contribution in [0.5, 0.6) is 0 Å². The fraction of sp³-hybridized carbons (Fsp3) is 0.400. The van der Waals surface area contributed by atoms with E-state index in [1.807, 2.05) is 0 Å². The van der Waals surface area contributed by atoms with Gasteiger partial charge in [-0.3, -0.25) is 0 Å².